The molecule has 30 heavy (non-hydrogen) atoms. The van der Waals surface area contributed by atoms with Crippen molar-refractivity contribution in [3.63, 3.8) is 0 Å². The summed E-state index contributed by atoms with van der Waals surface area (Å²) in [7, 11) is 1.62. The Morgan fingerprint density at radius 2 is 1.83 bits per heavy atom. The maximum atomic E-state index is 13.1. The zero-order chi connectivity index (χ0) is 21.1. The Hall–Kier alpha value is -3.00. The van der Waals surface area contributed by atoms with Crippen LogP contribution in [-0.2, 0) is 18.5 Å². The molecule has 0 aliphatic heterocycles. The van der Waals surface area contributed by atoms with Gasteiger partial charge in [-0.25, -0.2) is 4.98 Å². The first-order valence-electron chi connectivity index (χ1n) is 9.16. The van der Waals surface area contributed by atoms with Gasteiger partial charge >= 0.3 is 6.18 Å². The Bertz CT molecular complexity index is 1160. The summed E-state index contributed by atoms with van der Waals surface area (Å²) in [6.45, 7) is 0.275. The summed E-state index contributed by atoms with van der Waals surface area (Å²) in [5, 5.41) is 0.728. The summed E-state index contributed by atoms with van der Waals surface area (Å²) >= 11 is 1.53. The van der Waals surface area contributed by atoms with Crippen LogP contribution in [-0.4, -0.2) is 21.6 Å². The second kappa shape index (κ2) is 8.39. The van der Waals surface area contributed by atoms with Crippen molar-refractivity contribution in [3.05, 3.63) is 83.7 Å². The van der Waals surface area contributed by atoms with Crippen LogP contribution in [0, 0.1) is 0 Å². The Kier molecular flexibility index (Phi) is 5.67. The minimum atomic E-state index is -4.37. The van der Waals surface area contributed by atoms with Crippen molar-refractivity contribution in [3.8, 4) is 5.75 Å². The van der Waals surface area contributed by atoms with Crippen LogP contribution >= 0.6 is 11.8 Å². The number of rotatable bonds is 6. The summed E-state index contributed by atoms with van der Waals surface area (Å²) in [6.07, 6.45) is -1.03. The van der Waals surface area contributed by atoms with Gasteiger partial charge in [0.1, 0.15) is 5.75 Å². The van der Waals surface area contributed by atoms with Gasteiger partial charge in [-0.1, -0.05) is 36.0 Å². The summed E-state index contributed by atoms with van der Waals surface area (Å²) in [6, 6.07) is 14.9. The first-order chi connectivity index (χ1) is 14.4. The SMILES string of the molecule is COc1ccc(CSc2nc3ccncc3n2Cc2cccc(C(F)(F)F)c2)cc1. The van der Waals surface area contributed by atoms with Crippen LogP contribution in [0.5, 0.6) is 5.75 Å². The topological polar surface area (TPSA) is 39.9 Å². The average Bonchev–Trinajstić information content (AvgIpc) is 3.09. The van der Waals surface area contributed by atoms with Gasteiger partial charge in [0.25, 0.3) is 0 Å². The number of hydrogen-bond donors (Lipinski definition) is 0. The number of benzene rings is 2. The quantitative estimate of drug-likeness (QED) is 0.363. The molecule has 4 nitrogen and oxygen atoms in total. The normalized spacial score (nSPS) is 11.7. The number of ether oxygens (including phenoxy) is 1. The number of thioether (sulfide) groups is 1. The molecule has 0 saturated carbocycles. The van der Waals surface area contributed by atoms with Gasteiger partial charge < -0.3 is 9.30 Å². The van der Waals surface area contributed by atoms with E-state index in [1.165, 1.54) is 23.9 Å². The van der Waals surface area contributed by atoms with E-state index in [1.807, 2.05) is 28.8 Å². The Balaban J connectivity index is 1.63. The van der Waals surface area contributed by atoms with Crippen molar-refractivity contribution in [2.45, 2.75) is 23.6 Å². The number of methoxy groups -OCH3 is 1. The zero-order valence-electron chi connectivity index (χ0n) is 16.1. The third kappa shape index (κ3) is 4.43. The highest BCUT2D eigenvalue weighted by Gasteiger charge is 2.30. The highest BCUT2D eigenvalue weighted by Crippen LogP contribution is 2.31. The van der Waals surface area contributed by atoms with Crippen LogP contribution < -0.4 is 4.74 Å². The molecule has 4 rings (SSSR count). The van der Waals surface area contributed by atoms with Crippen LogP contribution in [0.2, 0.25) is 0 Å². The van der Waals surface area contributed by atoms with E-state index < -0.39 is 11.7 Å². The summed E-state index contributed by atoms with van der Waals surface area (Å²) < 4.78 is 46.4. The predicted octanol–water partition coefficient (Wildman–Crippen LogP) is 5.80. The first kappa shape index (κ1) is 20.3. The lowest BCUT2D eigenvalue weighted by Gasteiger charge is -2.12. The Morgan fingerprint density at radius 3 is 2.57 bits per heavy atom. The maximum absolute atomic E-state index is 13.1. The molecule has 8 heteroatoms. The number of pyridine rings is 1. The Labute approximate surface area is 175 Å². The van der Waals surface area contributed by atoms with Gasteiger partial charge in [0.2, 0.25) is 0 Å². The van der Waals surface area contributed by atoms with Crippen molar-refractivity contribution in [1.29, 1.82) is 0 Å². The standard InChI is InChI=1S/C22H18F3N3OS/c1-29-18-7-5-15(6-8-18)14-30-21-27-19-9-10-26-12-20(19)28(21)13-16-3-2-4-17(11-16)22(23,24)25/h2-12H,13-14H2,1H3. The number of hydrogen-bond acceptors (Lipinski definition) is 4. The molecule has 0 atom stereocenters. The zero-order valence-corrected chi connectivity index (χ0v) is 16.9. The molecule has 0 aliphatic carbocycles. The lowest BCUT2D eigenvalue weighted by molar-refractivity contribution is -0.137. The van der Waals surface area contributed by atoms with Gasteiger partial charge in [0, 0.05) is 11.9 Å². The van der Waals surface area contributed by atoms with Crippen molar-refractivity contribution >= 4 is 22.8 Å². The number of imidazole rings is 1. The second-order valence-corrected chi connectivity index (χ2v) is 7.62. The van der Waals surface area contributed by atoms with Crippen molar-refractivity contribution < 1.29 is 17.9 Å². The van der Waals surface area contributed by atoms with E-state index in [0.717, 1.165) is 33.6 Å². The molecule has 2 aromatic carbocycles. The minimum absolute atomic E-state index is 0.275. The van der Waals surface area contributed by atoms with Crippen LogP contribution in [0.25, 0.3) is 11.0 Å². The molecule has 0 fully saturated rings. The second-order valence-electron chi connectivity index (χ2n) is 6.68. The third-order valence-corrected chi connectivity index (χ3v) is 5.69. The molecule has 2 aromatic heterocycles. The van der Waals surface area contributed by atoms with Gasteiger partial charge in [-0.2, -0.15) is 13.2 Å². The first-order valence-corrected chi connectivity index (χ1v) is 10.1. The van der Waals surface area contributed by atoms with E-state index in [0.29, 0.717) is 11.3 Å². The van der Waals surface area contributed by atoms with Crippen molar-refractivity contribution in [1.82, 2.24) is 14.5 Å². The highest BCUT2D eigenvalue weighted by atomic mass is 32.2. The molecular formula is C22H18F3N3OS. The van der Waals surface area contributed by atoms with Crippen molar-refractivity contribution in [2.24, 2.45) is 0 Å². The van der Waals surface area contributed by atoms with Crippen LogP contribution in [0.4, 0.5) is 13.2 Å². The van der Waals surface area contributed by atoms with Gasteiger partial charge in [-0.05, 0) is 41.5 Å². The number of fused-ring (bicyclic) bond motifs is 1. The van der Waals surface area contributed by atoms with E-state index in [-0.39, 0.29) is 6.54 Å². The fourth-order valence-corrected chi connectivity index (χ4v) is 4.08. The Morgan fingerprint density at radius 1 is 1.03 bits per heavy atom. The lowest BCUT2D eigenvalue weighted by Crippen LogP contribution is -2.07. The van der Waals surface area contributed by atoms with Gasteiger partial charge in [-0.15, -0.1) is 0 Å². The largest absolute Gasteiger partial charge is 0.497 e. The smallest absolute Gasteiger partial charge is 0.416 e. The minimum Gasteiger partial charge on any atom is -0.497 e. The number of aromatic nitrogens is 3. The molecule has 0 amide bonds. The highest BCUT2D eigenvalue weighted by molar-refractivity contribution is 7.98. The van der Waals surface area contributed by atoms with E-state index >= 15 is 0 Å². The summed E-state index contributed by atoms with van der Waals surface area (Å²) in [5.41, 5.74) is 2.53. The molecule has 0 bridgehead atoms. The fourth-order valence-electron chi connectivity index (χ4n) is 3.11. The van der Waals surface area contributed by atoms with E-state index in [2.05, 4.69) is 9.97 Å². The molecule has 0 aliphatic rings. The van der Waals surface area contributed by atoms with Crippen LogP contribution in [0.3, 0.4) is 0 Å². The molecule has 0 radical (unpaired) electrons. The monoisotopic (exact) mass is 429 g/mol. The summed E-state index contributed by atoms with van der Waals surface area (Å²) in [4.78, 5) is 8.83. The number of halogens is 3. The maximum Gasteiger partial charge on any atom is 0.416 e. The van der Waals surface area contributed by atoms with Crippen molar-refractivity contribution in [2.75, 3.05) is 7.11 Å². The molecule has 154 valence electrons. The van der Waals surface area contributed by atoms with Crippen LogP contribution in [0.15, 0.2) is 72.1 Å². The molecule has 0 spiro atoms. The molecule has 0 saturated heterocycles. The van der Waals surface area contributed by atoms with E-state index in [4.69, 9.17) is 4.74 Å². The summed E-state index contributed by atoms with van der Waals surface area (Å²) in [5.74, 6) is 1.45. The molecular weight excluding hydrogens is 411 g/mol. The molecule has 2 heterocycles. The van der Waals surface area contributed by atoms with Gasteiger partial charge in [0.15, 0.2) is 5.16 Å². The molecule has 4 aromatic rings. The predicted molar refractivity (Wildman–Crippen MR) is 111 cm³/mol. The average molecular weight is 429 g/mol. The number of nitrogens with zero attached hydrogens (tertiary/aromatic N) is 3. The molecule has 0 unspecified atom stereocenters. The molecule has 0 N–H and O–H groups in total. The van der Waals surface area contributed by atoms with Gasteiger partial charge in [0.05, 0.1) is 36.4 Å². The van der Waals surface area contributed by atoms with E-state index in [9.17, 15) is 13.2 Å². The fraction of sp³-hybridized carbons (Fsp3) is 0.182. The number of alkyl halides is 3. The lowest BCUT2D eigenvalue weighted by atomic mass is 10.1. The van der Waals surface area contributed by atoms with Crippen LogP contribution in [0.1, 0.15) is 16.7 Å². The third-order valence-electron chi connectivity index (χ3n) is 4.64. The van der Waals surface area contributed by atoms with Gasteiger partial charge in [-0.3, -0.25) is 4.98 Å². The van der Waals surface area contributed by atoms with E-state index in [1.54, 1.807) is 31.6 Å².